The van der Waals surface area contributed by atoms with Gasteiger partial charge in [0, 0.05) is 12.3 Å². The minimum absolute atomic E-state index is 0.148. The molecule has 2 N–H and O–H groups in total. The number of likely N-dealkylation sites (N-methyl/N-ethyl adjacent to an activating group) is 1. The van der Waals surface area contributed by atoms with Crippen molar-refractivity contribution >= 4 is 18.5 Å². The van der Waals surface area contributed by atoms with Crippen LogP contribution in [0.15, 0.2) is 60.7 Å². The predicted octanol–water partition coefficient (Wildman–Crippen LogP) is 1.97. The molecular formula is C16H21N2P. The highest BCUT2D eigenvalue weighted by molar-refractivity contribution is 7.73. The molecule has 0 aliphatic rings. The molecule has 0 saturated carbocycles. The highest BCUT2D eigenvalue weighted by Gasteiger charge is 2.21. The Morgan fingerprint density at radius 1 is 0.895 bits per heavy atom. The maximum absolute atomic E-state index is 6.47. The normalized spacial score (nSPS) is 12.9. The van der Waals surface area contributed by atoms with E-state index in [-0.39, 0.29) is 5.78 Å². The summed E-state index contributed by atoms with van der Waals surface area (Å²) in [6.45, 7) is 0.898. The van der Waals surface area contributed by atoms with E-state index in [0.717, 1.165) is 6.54 Å². The van der Waals surface area contributed by atoms with Crippen LogP contribution < -0.4 is 16.3 Å². The fourth-order valence-corrected chi connectivity index (χ4v) is 4.71. The summed E-state index contributed by atoms with van der Waals surface area (Å²) in [4.78, 5) is 2.16. The van der Waals surface area contributed by atoms with E-state index < -0.39 is 7.92 Å². The van der Waals surface area contributed by atoms with E-state index in [2.05, 4.69) is 79.7 Å². The zero-order chi connectivity index (χ0) is 13.7. The first kappa shape index (κ1) is 14.2. The number of nitrogens with zero attached hydrogens (tertiary/aromatic N) is 1. The van der Waals surface area contributed by atoms with E-state index in [4.69, 9.17) is 5.73 Å². The summed E-state index contributed by atoms with van der Waals surface area (Å²) in [6.07, 6.45) is 0. The van der Waals surface area contributed by atoms with Gasteiger partial charge in [-0.25, -0.2) is 0 Å². The van der Waals surface area contributed by atoms with Crippen LogP contribution in [-0.2, 0) is 0 Å². The fraction of sp³-hybridized carbons (Fsp3) is 0.250. The van der Waals surface area contributed by atoms with Crippen LogP contribution in [0.25, 0.3) is 0 Å². The topological polar surface area (TPSA) is 29.3 Å². The van der Waals surface area contributed by atoms with Crippen LogP contribution >= 0.6 is 7.92 Å². The van der Waals surface area contributed by atoms with Crippen molar-refractivity contribution in [3.05, 3.63) is 60.7 Å². The van der Waals surface area contributed by atoms with Crippen molar-refractivity contribution in [1.29, 1.82) is 0 Å². The monoisotopic (exact) mass is 272 g/mol. The third-order valence-corrected chi connectivity index (χ3v) is 5.49. The van der Waals surface area contributed by atoms with Gasteiger partial charge in [-0.2, -0.15) is 0 Å². The Morgan fingerprint density at radius 2 is 1.32 bits per heavy atom. The van der Waals surface area contributed by atoms with E-state index in [9.17, 15) is 0 Å². The molecule has 0 saturated heterocycles. The molecule has 0 heterocycles. The summed E-state index contributed by atoms with van der Waals surface area (Å²) in [6, 6.07) is 21.2. The molecule has 2 rings (SSSR count). The van der Waals surface area contributed by atoms with E-state index in [0.29, 0.717) is 0 Å². The van der Waals surface area contributed by atoms with Gasteiger partial charge in [0.1, 0.15) is 0 Å². The van der Waals surface area contributed by atoms with Gasteiger partial charge in [0.15, 0.2) is 0 Å². The number of nitrogens with two attached hydrogens (primary N) is 1. The Balaban J connectivity index is 2.34. The van der Waals surface area contributed by atoms with Gasteiger partial charge >= 0.3 is 0 Å². The lowest BCUT2D eigenvalue weighted by atomic mass is 10.4. The van der Waals surface area contributed by atoms with Gasteiger partial charge in [0.05, 0.1) is 0 Å². The molecule has 0 spiro atoms. The highest BCUT2D eigenvalue weighted by Crippen LogP contribution is 2.36. The third kappa shape index (κ3) is 3.87. The summed E-state index contributed by atoms with van der Waals surface area (Å²) in [5.74, 6) is 0.148. The minimum Gasteiger partial charge on any atom is -0.322 e. The summed E-state index contributed by atoms with van der Waals surface area (Å²) >= 11 is 0. The van der Waals surface area contributed by atoms with Crippen molar-refractivity contribution in [2.24, 2.45) is 5.73 Å². The molecule has 2 nitrogen and oxygen atoms in total. The summed E-state index contributed by atoms with van der Waals surface area (Å²) in [5.41, 5.74) is 6.47. The zero-order valence-electron chi connectivity index (χ0n) is 11.5. The molecular weight excluding hydrogens is 251 g/mol. The van der Waals surface area contributed by atoms with Crippen molar-refractivity contribution in [2.75, 3.05) is 20.6 Å². The Morgan fingerprint density at radius 3 is 1.68 bits per heavy atom. The molecule has 0 radical (unpaired) electrons. The predicted molar refractivity (Wildman–Crippen MR) is 85.6 cm³/mol. The van der Waals surface area contributed by atoms with Gasteiger partial charge in [0.2, 0.25) is 0 Å². The smallest absolute Gasteiger partial charge is 0.0454 e. The SMILES string of the molecule is CN(C)CC(N)P(c1ccccc1)c1ccccc1. The van der Waals surface area contributed by atoms with Crippen LogP contribution in [0.3, 0.4) is 0 Å². The van der Waals surface area contributed by atoms with E-state index >= 15 is 0 Å². The van der Waals surface area contributed by atoms with Crippen LogP contribution in [0.2, 0.25) is 0 Å². The van der Waals surface area contributed by atoms with Crippen molar-refractivity contribution in [3.63, 3.8) is 0 Å². The Labute approximate surface area is 117 Å². The number of hydrogen-bond acceptors (Lipinski definition) is 2. The van der Waals surface area contributed by atoms with Gasteiger partial charge in [-0.05, 0) is 32.6 Å². The first-order valence-corrected chi connectivity index (χ1v) is 7.89. The first-order chi connectivity index (χ1) is 9.18. The Kier molecular flexibility index (Phi) is 5.09. The van der Waals surface area contributed by atoms with Crippen molar-refractivity contribution < 1.29 is 0 Å². The lowest BCUT2D eigenvalue weighted by Gasteiger charge is -2.27. The van der Waals surface area contributed by atoms with Crippen LogP contribution in [0.1, 0.15) is 0 Å². The molecule has 2 aromatic carbocycles. The molecule has 3 heteroatoms. The summed E-state index contributed by atoms with van der Waals surface area (Å²) < 4.78 is 0. The van der Waals surface area contributed by atoms with Crippen LogP contribution in [0.5, 0.6) is 0 Å². The molecule has 0 aromatic heterocycles. The molecule has 0 aliphatic carbocycles. The second-order valence-corrected chi connectivity index (χ2v) is 7.31. The Bertz CT molecular complexity index is 445. The van der Waals surface area contributed by atoms with Gasteiger partial charge in [-0.3, -0.25) is 0 Å². The highest BCUT2D eigenvalue weighted by atomic mass is 31.1. The standard InChI is InChI=1S/C16H21N2P/c1-18(2)13-16(17)19(14-9-5-3-6-10-14)15-11-7-4-8-12-15/h3-12,16H,13,17H2,1-2H3. The average Bonchev–Trinajstić information content (AvgIpc) is 2.40. The van der Waals surface area contributed by atoms with Gasteiger partial charge < -0.3 is 10.6 Å². The van der Waals surface area contributed by atoms with Gasteiger partial charge in [-0.15, -0.1) is 0 Å². The fourth-order valence-electron chi connectivity index (χ4n) is 2.16. The summed E-state index contributed by atoms with van der Waals surface area (Å²) in [7, 11) is 3.64. The van der Waals surface area contributed by atoms with Crippen LogP contribution in [0, 0.1) is 0 Å². The minimum atomic E-state index is -0.508. The molecule has 0 fully saturated rings. The maximum atomic E-state index is 6.47. The number of benzene rings is 2. The number of hydrogen-bond donors (Lipinski definition) is 1. The molecule has 1 unspecified atom stereocenters. The first-order valence-electron chi connectivity index (χ1n) is 6.48. The molecule has 1 atom stereocenters. The number of rotatable bonds is 5. The van der Waals surface area contributed by atoms with Crippen molar-refractivity contribution in [1.82, 2.24) is 4.90 Å². The lowest BCUT2D eigenvalue weighted by Crippen LogP contribution is -2.37. The quantitative estimate of drug-likeness (QED) is 0.843. The summed E-state index contributed by atoms with van der Waals surface area (Å²) in [5, 5.41) is 2.69. The van der Waals surface area contributed by atoms with Crippen molar-refractivity contribution in [3.8, 4) is 0 Å². The molecule has 100 valence electrons. The molecule has 19 heavy (non-hydrogen) atoms. The van der Waals surface area contributed by atoms with E-state index in [1.165, 1.54) is 10.6 Å². The molecule has 0 amide bonds. The largest absolute Gasteiger partial charge is 0.322 e. The second-order valence-electron chi connectivity index (χ2n) is 4.87. The molecule has 2 aromatic rings. The molecule has 0 aliphatic heterocycles. The maximum Gasteiger partial charge on any atom is 0.0454 e. The molecule has 0 bridgehead atoms. The van der Waals surface area contributed by atoms with Gasteiger partial charge in [-0.1, -0.05) is 60.7 Å². The average molecular weight is 272 g/mol. The third-order valence-electron chi connectivity index (χ3n) is 2.95. The van der Waals surface area contributed by atoms with E-state index in [1.54, 1.807) is 0 Å². The van der Waals surface area contributed by atoms with Crippen molar-refractivity contribution in [2.45, 2.75) is 5.78 Å². The zero-order valence-corrected chi connectivity index (χ0v) is 12.4. The van der Waals surface area contributed by atoms with Crippen LogP contribution in [-0.4, -0.2) is 31.3 Å². The Hall–Kier alpha value is -1.21. The second kappa shape index (κ2) is 6.81. The lowest BCUT2D eigenvalue weighted by molar-refractivity contribution is 0.408. The van der Waals surface area contributed by atoms with Gasteiger partial charge in [0.25, 0.3) is 0 Å². The van der Waals surface area contributed by atoms with E-state index in [1.807, 2.05) is 0 Å². The van der Waals surface area contributed by atoms with Crippen LogP contribution in [0.4, 0.5) is 0 Å².